The van der Waals surface area contributed by atoms with Gasteiger partial charge in [0.15, 0.2) is 0 Å². The molecule has 16 heavy (non-hydrogen) atoms. The summed E-state index contributed by atoms with van der Waals surface area (Å²) in [5, 5.41) is 3.38. The minimum Gasteiger partial charge on any atom is -0.300 e. The maximum Gasteiger partial charge on any atom is 0.246 e. The van der Waals surface area contributed by atoms with Gasteiger partial charge in [0.05, 0.1) is 12.5 Å². The first-order valence-corrected chi connectivity index (χ1v) is 6.07. The largest absolute Gasteiger partial charge is 0.300 e. The van der Waals surface area contributed by atoms with Crippen LogP contribution in [0.2, 0.25) is 0 Å². The number of hydrogen-bond donors (Lipinski definition) is 1. The van der Waals surface area contributed by atoms with Gasteiger partial charge in [0, 0.05) is 12.6 Å². The van der Waals surface area contributed by atoms with Gasteiger partial charge in [-0.3, -0.25) is 19.8 Å². The van der Waals surface area contributed by atoms with Gasteiger partial charge in [0.1, 0.15) is 0 Å². The minimum absolute atomic E-state index is 0.00815. The summed E-state index contributed by atoms with van der Waals surface area (Å²) in [7, 11) is 1.55. The number of likely N-dealkylation sites (tertiary alicyclic amines) is 1. The van der Waals surface area contributed by atoms with Gasteiger partial charge in [-0.1, -0.05) is 20.8 Å². The Hall–Kier alpha value is -0.900. The summed E-state index contributed by atoms with van der Waals surface area (Å²) in [6.07, 6.45) is 3.22. The summed E-state index contributed by atoms with van der Waals surface area (Å²) in [5.41, 5.74) is -0.00815. The van der Waals surface area contributed by atoms with Crippen LogP contribution in [0.15, 0.2) is 0 Å². The van der Waals surface area contributed by atoms with E-state index in [0.717, 1.165) is 19.3 Å². The number of nitrogens with one attached hydrogen (secondary N) is 1. The molecule has 4 nitrogen and oxygen atoms in total. The van der Waals surface area contributed by atoms with Crippen LogP contribution in [-0.2, 0) is 9.59 Å². The highest BCUT2D eigenvalue weighted by molar-refractivity contribution is 6.05. The van der Waals surface area contributed by atoms with Crippen molar-refractivity contribution in [1.82, 2.24) is 10.2 Å². The first-order chi connectivity index (χ1) is 7.49. The lowest BCUT2D eigenvalue weighted by atomic mass is 9.88. The summed E-state index contributed by atoms with van der Waals surface area (Å²) in [6.45, 7) is 6.35. The number of hydrogen-bond acceptors (Lipinski definition) is 3. The monoisotopic (exact) mass is 226 g/mol. The summed E-state index contributed by atoms with van der Waals surface area (Å²) in [4.78, 5) is 24.4. The number of carbonyl (C=O) groups excluding carboxylic acids is 2. The molecule has 1 unspecified atom stereocenters. The third-order valence-electron chi connectivity index (χ3n) is 3.89. The smallest absolute Gasteiger partial charge is 0.246 e. The lowest BCUT2D eigenvalue weighted by Gasteiger charge is -2.34. The second-order valence-electron chi connectivity index (χ2n) is 4.53. The molecular weight excluding hydrogens is 204 g/mol. The molecule has 2 amide bonds. The second-order valence-corrected chi connectivity index (χ2v) is 4.53. The van der Waals surface area contributed by atoms with Gasteiger partial charge in [-0.05, 0) is 19.3 Å². The molecular formula is C12H22N2O2. The van der Waals surface area contributed by atoms with Crippen molar-refractivity contribution in [3.05, 3.63) is 0 Å². The Morgan fingerprint density at radius 1 is 1.25 bits per heavy atom. The SMILES string of the molecule is CCC(CC)(CC)NC1CC(=O)N(C)C1=O. The maximum atomic E-state index is 11.8. The molecule has 0 aromatic heterocycles. The fourth-order valence-electron chi connectivity index (χ4n) is 2.29. The molecule has 0 spiro atoms. The second kappa shape index (κ2) is 4.95. The van der Waals surface area contributed by atoms with Crippen LogP contribution in [-0.4, -0.2) is 35.3 Å². The zero-order chi connectivity index (χ0) is 12.3. The third-order valence-corrected chi connectivity index (χ3v) is 3.89. The Bertz CT molecular complexity index is 276. The molecule has 92 valence electrons. The maximum absolute atomic E-state index is 11.8. The quantitative estimate of drug-likeness (QED) is 0.719. The lowest BCUT2D eigenvalue weighted by molar-refractivity contribution is -0.137. The number of rotatable bonds is 5. The van der Waals surface area contributed by atoms with E-state index in [1.54, 1.807) is 7.05 Å². The lowest BCUT2D eigenvalue weighted by Crippen LogP contribution is -2.51. The Labute approximate surface area is 97.4 Å². The van der Waals surface area contributed by atoms with Gasteiger partial charge in [0.2, 0.25) is 11.8 Å². The van der Waals surface area contributed by atoms with Crippen LogP contribution in [0.1, 0.15) is 46.5 Å². The highest BCUT2D eigenvalue weighted by atomic mass is 16.2. The molecule has 1 fully saturated rings. The molecule has 0 aliphatic carbocycles. The number of amides is 2. The zero-order valence-electron chi connectivity index (χ0n) is 10.7. The molecule has 1 aliphatic rings. The molecule has 0 radical (unpaired) electrons. The van der Waals surface area contributed by atoms with Crippen LogP contribution in [0.5, 0.6) is 0 Å². The van der Waals surface area contributed by atoms with E-state index in [1.807, 2.05) is 0 Å². The topological polar surface area (TPSA) is 49.4 Å². The molecule has 0 bridgehead atoms. The molecule has 0 saturated carbocycles. The third kappa shape index (κ3) is 2.26. The van der Waals surface area contributed by atoms with Crippen molar-refractivity contribution < 1.29 is 9.59 Å². The molecule has 1 rings (SSSR count). The van der Waals surface area contributed by atoms with Gasteiger partial charge in [-0.25, -0.2) is 0 Å². The Balaban J connectivity index is 2.74. The zero-order valence-corrected chi connectivity index (χ0v) is 10.7. The van der Waals surface area contributed by atoms with E-state index in [9.17, 15) is 9.59 Å². The summed E-state index contributed by atoms with van der Waals surface area (Å²) < 4.78 is 0. The van der Waals surface area contributed by atoms with E-state index in [4.69, 9.17) is 0 Å². The predicted molar refractivity (Wildman–Crippen MR) is 62.9 cm³/mol. The van der Waals surface area contributed by atoms with Crippen molar-refractivity contribution in [3.8, 4) is 0 Å². The molecule has 1 heterocycles. The minimum atomic E-state index is -0.322. The van der Waals surface area contributed by atoms with E-state index >= 15 is 0 Å². The van der Waals surface area contributed by atoms with Crippen molar-refractivity contribution >= 4 is 11.8 Å². The normalized spacial score (nSPS) is 22.0. The van der Waals surface area contributed by atoms with Crippen molar-refractivity contribution in [2.45, 2.75) is 58.0 Å². The molecule has 1 N–H and O–H groups in total. The predicted octanol–water partition coefficient (Wildman–Crippen LogP) is 1.30. The van der Waals surface area contributed by atoms with Crippen LogP contribution >= 0.6 is 0 Å². The molecule has 1 saturated heterocycles. The summed E-state index contributed by atoms with van der Waals surface area (Å²) >= 11 is 0. The van der Waals surface area contributed by atoms with Crippen molar-refractivity contribution in [2.75, 3.05) is 7.05 Å². The molecule has 0 aromatic carbocycles. The van der Waals surface area contributed by atoms with Crippen LogP contribution in [0.25, 0.3) is 0 Å². The Kier molecular flexibility index (Phi) is 4.08. The number of likely N-dealkylation sites (N-methyl/N-ethyl adjacent to an activating group) is 1. The number of carbonyl (C=O) groups is 2. The first kappa shape index (κ1) is 13.2. The number of imide groups is 1. The van der Waals surface area contributed by atoms with E-state index in [-0.39, 0.29) is 23.4 Å². The molecule has 4 heteroatoms. The van der Waals surface area contributed by atoms with Crippen LogP contribution in [0.3, 0.4) is 0 Å². The van der Waals surface area contributed by atoms with E-state index in [1.165, 1.54) is 4.90 Å². The van der Waals surface area contributed by atoms with Gasteiger partial charge in [-0.15, -0.1) is 0 Å². The fourth-order valence-corrected chi connectivity index (χ4v) is 2.29. The van der Waals surface area contributed by atoms with E-state index in [2.05, 4.69) is 26.1 Å². The Morgan fingerprint density at radius 3 is 2.06 bits per heavy atom. The fraction of sp³-hybridized carbons (Fsp3) is 0.833. The van der Waals surface area contributed by atoms with Gasteiger partial charge in [-0.2, -0.15) is 0 Å². The first-order valence-electron chi connectivity index (χ1n) is 6.07. The van der Waals surface area contributed by atoms with Gasteiger partial charge < -0.3 is 0 Å². The van der Waals surface area contributed by atoms with Crippen LogP contribution < -0.4 is 5.32 Å². The van der Waals surface area contributed by atoms with E-state index < -0.39 is 0 Å². The molecule has 1 aliphatic heterocycles. The van der Waals surface area contributed by atoms with E-state index in [0.29, 0.717) is 6.42 Å². The average molecular weight is 226 g/mol. The average Bonchev–Trinajstić information content (AvgIpc) is 2.54. The van der Waals surface area contributed by atoms with Crippen LogP contribution in [0, 0.1) is 0 Å². The highest BCUT2D eigenvalue weighted by Gasteiger charge is 2.39. The summed E-state index contributed by atoms with van der Waals surface area (Å²) in [6, 6.07) is -0.322. The highest BCUT2D eigenvalue weighted by Crippen LogP contribution is 2.23. The standard InChI is InChI=1S/C12H22N2O2/c1-5-12(6-2,7-3)13-9-8-10(15)14(4)11(9)16/h9,13H,5-8H2,1-4H3. The van der Waals surface area contributed by atoms with Gasteiger partial charge >= 0.3 is 0 Å². The van der Waals surface area contributed by atoms with Gasteiger partial charge in [0.25, 0.3) is 0 Å². The molecule has 0 aromatic rings. The Morgan fingerprint density at radius 2 is 1.75 bits per heavy atom. The van der Waals surface area contributed by atoms with Crippen molar-refractivity contribution in [3.63, 3.8) is 0 Å². The summed E-state index contributed by atoms with van der Waals surface area (Å²) in [5.74, 6) is -0.176. The van der Waals surface area contributed by atoms with Crippen LogP contribution in [0.4, 0.5) is 0 Å². The van der Waals surface area contributed by atoms with Crippen molar-refractivity contribution in [1.29, 1.82) is 0 Å². The van der Waals surface area contributed by atoms with Crippen molar-refractivity contribution in [2.24, 2.45) is 0 Å². The number of nitrogens with zero attached hydrogens (tertiary/aromatic N) is 1. The molecule has 1 atom stereocenters.